The predicted octanol–water partition coefficient (Wildman–Crippen LogP) is 6.66. The largest absolute Gasteiger partial charge is 0.439 e. The van der Waals surface area contributed by atoms with Gasteiger partial charge in [-0.05, 0) is 24.3 Å². The number of hydrogen-bond donors (Lipinski definition) is 0. The number of alkyl halides is 6. The Bertz CT molecular complexity index is 1170. The number of nitro benzene ring substituents is 1. The van der Waals surface area contributed by atoms with E-state index < -0.39 is 44.9 Å². The number of ether oxygens (including phenoxy) is 2. The van der Waals surface area contributed by atoms with Crippen molar-refractivity contribution in [2.45, 2.75) is 12.4 Å². The van der Waals surface area contributed by atoms with E-state index in [4.69, 9.17) is 21.1 Å². The first-order valence-corrected chi connectivity index (χ1v) is 8.62. The number of nitrogens with zero attached hydrogens (tertiary/aromatic N) is 3. The number of aromatic nitrogens is 2. The molecule has 0 atom stereocenters. The van der Waals surface area contributed by atoms with Gasteiger partial charge in [-0.1, -0.05) is 11.6 Å². The van der Waals surface area contributed by atoms with Gasteiger partial charge in [0.2, 0.25) is 11.8 Å². The van der Waals surface area contributed by atoms with Crippen molar-refractivity contribution in [1.82, 2.24) is 9.97 Å². The van der Waals surface area contributed by atoms with E-state index >= 15 is 0 Å². The minimum Gasteiger partial charge on any atom is -0.439 e. The number of hydrogen-bond acceptors (Lipinski definition) is 6. The lowest BCUT2D eigenvalue weighted by atomic mass is 10.1. The molecule has 2 aromatic carbocycles. The first-order chi connectivity index (χ1) is 14.8. The molecule has 0 aliphatic heterocycles. The molecule has 0 unspecified atom stereocenters. The highest BCUT2D eigenvalue weighted by Crippen LogP contribution is 2.40. The minimum atomic E-state index is -5.02. The SMILES string of the molecule is O=[N+]([O-])c1ccc(Oc2cc(Oc3ccc(Cl)c(C(F)(F)F)c3)ncn2)cc1C(F)(F)F. The average molecular weight is 480 g/mol. The van der Waals surface area contributed by atoms with Crippen molar-refractivity contribution in [2.75, 3.05) is 0 Å². The van der Waals surface area contributed by atoms with E-state index in [1.54, 1.807) is 0 Å². The molecule has 0 spiro atoms. The molecule has 0 saturated heterocycles. The number of halogens is 7. The van der Waals surface area contributed by atoms with Crippen molar-refractivity contribution in [1.29, 1.82) is 0 Å². The molecule has 0 saturated carbocycles. The lowest BCUT2D eigenvalue weighted by molar-refractivity contribution is -0.388. The van der Waals surface area contributed by atoms with Gasteiger partial charge >= 0.3 is 12.4 Å². The fourth-order valence-electron chi connectivity index (χ4n) is 2.43. The third-order valence-electron chi connectivity index (χ3n) is 3.78. The number of rotatable bonds is 5. The average Bonchev–Trinajstić information content (AvgIpc) is 2.68. The van der Waals surface area contributed by atoms with Gasteiger partial charge in [0.25, 0.3) is 5.69 Å². The van der Waals surface area contributed by atoms with Crippen LogP contribution in [0.15, 0.2) is 48.8 Å². The zero-order valence-corrected chi connectivity index (χ0v) is 16.0. The van der Waals surface area contributed by atoms with Gasteiger partial charge in [0, 0.05) is 12.1 Å². The maximum atomic E-state index is 13.1. The van der Waals surface area contributed by atoms with Crippen LogP contribution >= 0.6 is 11.6 Å². The first-order valence-electron chi connectivity index (χ1n) is 8.25. The molecule has 0 N–H and O–H groups in total. The second-order valence-electron chi connectivity index (χ2n) is 5.97. The summed E-state index contributed by atoms with van der Waals surface area (Å²) in [6, 6.07) is 5.69. The lowest BCUT2D eigenvalue weighted by Crippen LogP contribution is -2.09. The van der Waals surface area contributed by atoms with E-state index in [-0.39, 0.29) is 17.5 Å². The molecular weight excluding hydrogens is 472 g/mol. The first kappa shape index (κ1) is 23.1. The molecule has 168 valence electrons. The van der Waals surface area contributed by atoms with Gasteiger partial charge in [-0.25, -0.2) is 9.97 Å². The highest BCUT2D eigenvalue weighted by molar-refractivity contribution is 6.31. The van der Waals surface area contributed by atoms with Crippen LogP contribution in [-0.2, 0) is 12.4 Å². The Labute approximate surface area is 179 Å². The summed E-state index contributed by atoms with van der Waals surface area (Å²) in [7, 11) is 0. The molecule has 0 fully saturated rings. The third-order valence-corrected chi connectivity index (χ3v) is 4.10. The smallest absolute Gasteiger partial charge is 0.423 e. The molecule has 0 aliphatic rings. The van der Waals surface area contributed by atoms with E-state index in [9.17, 15) is 36.5 Å². The monoisotopic (exact) mass is 479 g/mol. The molecule has 0 radical (unpaired) electrons. The van der Waals surface area contributed by atoms with Gasteiger partial charge in [-0.3, -0.25) is 10.1 Å². The Kier molecular flexibility index (Phi) is 6.12. The predicted molar refractivity (Wildman–Crippen MR) is 96.7 cm³/mol. The molecule has 7 nitrogen and oxygen atoms in total. The third kappa shape index (κ3) is 5.35. The highest BCUT2D eigenvalue weighted by atomic mass is 35.5. The van der Waals surface area contributed by atoms with Gasteiger partial charge in [-0.2, -0.15) is 26.3 Å². The molecule has 1 heterocycles. The molecule has 0 aliphatic carbocycles. The summed E-state index contributed by atoms with van der Waals surface area (Å²) in [6.07, 6.45) is -8.86. The van der Waals surface area contributed by atoms with Crippen LogP contribution in [0, 0.1) is 10.1 Å². The Morgan fingerprint density at radius 2 is 1.31 bits per heavy atom. The highest BCUT2D eigenvalue weighted by Gasteiger charge is 2.38. The zero-order valence-electron chi connectivity index (χ0n) is 15.2. The Morgan fingerprint density at radius 3 is 1.81 bits per heavy atom. The van der Waals surface area contributed by atoms with Gasteiger partial charge < -0.3 is 9.47 Å². The van der Waals surface area contributed by atoms with Gasteiger partial charge in [-0.15, -0.1) is 0 Å². The Hall–Kier alpha value is -3.61. The van der Waals surface area contributed by atoms with Gasteiger partial charge in [0.15, 0.2) is 0 Å². The number of benzene rings is 2. The van der Waals surface area contributed by atoms with E-state index in [0.29, 0.717) is 18.2 Å². The van der Waals surface area contributed by atoms with Crippen LogP contribution in [0.2, 0.25) is 5.02 Å². The van der Waals surface area contributed by atoms with Crippen molar-refractivity contribution < 1.29 is 40.7 Å². The molecule has 1 aromatic heterocycles. The Balaban J connectivity index is 1.86. The van der Waals surface area contributed by atoms with Crippen molar-refractivity contribution in [3.05, 3.63) is 75.1 Å². The topological polar surface area (TPSA) is 87.4 Å². The second kappa shape index (κ2) is 8.49. The molecule has 14 heteroatoms. The summed E-state index contributed by atoms with van der Waals surface area (Å²) < 4.78 is 88.5. The summed E-state index contributed by atoms with van der Waals surface area (Å²) in [6.45, 7) is 0. The van der Waals surface area contributed by atoms with Crippen LogP contribution in [0.3, 0.4) is 0 Å². The van der Waals surface area contributed by atoms with E-state index in [2.05, 4.69) is 9.97 Å². The summed E-state index contributed by atoms with van der Waals surface area (Å²) >= 11 is 5.53. The lowest BCUT2D eigenvalue weighted by Gasteiger charge is -2.12. The van der Waals surface area contributed by atoms with Crippen LogP contribution in [0.25, 0.3) is 0 Å². The fraction of sp³-hybridized carbons (Fsp3) is 0.111. The van der Waals surface area contributed by atoms with Crippen molar-refractivity contribution >= 4 is 17.3 Å². The van der Waals surface area contributed by atoms with Gasteiger partial charge in [0.1, 0.15) is 23.4 Å². The number of nitro groups is 1. The van der Waals surface area contributed by atoms with Crippen molar-refractivity contribution in [3.63, 3.8) is 0 Å². The van der Waals surface area contributed by atoms with Crippen molar-refractivity contribution in [3.8, 4) is 23.3 Å². The molecular formula is C18H8ClF6N3O4. The second-order valence-corrected chi connectivity index (χ2v) is 6.38. The van der Waals surface area contributed by atoms with Crippen LogP contribution in [0.5, 0.6) is 23.3 Å². The maximum absolute atomic E-state index is 13.1. The standard InChI is InChI=1S/C18H8ClF6N3O4/c19-13-3-1-9(5-11(13)17(20,21)22)31-15-7-16(27-8-26-15)32-10-2-4-14(28(29)30)12(6-10)18(23,24)25/h1-8H. The summed E-state index contributed by atoms with van der Waals surface area (Å²) in [4.78, 5) is 17.0. The molecule has 0 amide bonds. The molecule has 32 heavy (non-hydrogen) atoms. The molecule has 3 aromatic rings. The van der Waals surface area contributed by atoms with Crippen LogP contribution in [-0.4, -0.2) is 14.9 Å². The van der Waals surface area contributed by atoms with E-state index in [1.807, 2.05) is 0 Å². The summed E-state index contributed by atoms with van der Waals surface area (Å²) in [5, 5.41) is 10.3. The van der Waals surface area contributed by atoms with Crippen LogP contribution in [0.4, 0.5) is 32.0 Å². The van der Waals surface area contributed by atoms with Crippen LogP contribution in [0.1, 0.15) is 11.1 Å². The minimum absolute atomic E-state index is 0.277. The molecule has 0 bridgehead atoms. The fourth-order valence-corrected chi connectivity index (χ4v) is 2.65. The zero-order chi connectivity index (χ0) is 23.7. The van der Waals surface area contributed by atoms with Crippen LogP contribution < -0.4 is 9.47 Å². The van der Waals surface area contributed by atoms with E-state index in [1.165, 1.54) is 0 Å². The maximum Gasteiger partial charge on any atom is 0.423 e. The normalized spacial score (nSPS) is 11.8. The van der Waals surface area contributed by atoms with Crippen molar-refractivity contribution in [2.24, 2.45) is 0 Å². The summed E-state index contributed by atoms with van der Waals surface area (Å²) in [5.41, 5.74) is -3.85. The summed E-state index contributed by atoms with van der Waals surface area (Å²) in [5.74, 6) is -1.33. The Morgan fingerprint density at radius 1 is 0.812 bits per heavy atom. The van der Waals surface area contributed by atoms with Gasteiger partial charge in [0.05, 0.1) is 21.6 Å². The van der Waals surface area contributed by atoms with E-state index in [0.717, 1.165) is 30.6 Å². The molecule has 3 rings (SSSR count). The quantitative estimate of drug-likeness (QED) is 0.231.